The van der Waals surface area contributed by atoms with Gasteiger partial charge in [-0.3, -0.25) is 4.68 Å². The van der Waals surface area contributed by atoms with Gasteiger partial charge in [-0.15, -0.1) is 0 Å². The highest BCUT2D eigenvalue weighted by Gasteiger charge is 2.32. The molecule has 5 nitrogen and oxygen atoms in total. The molecule has 0 aromatic carbocycles. The number of nitriles is 1. The highest BCUT2D eigenvalue weighted by molar-refractivity contribution is 5.67. The van der Waals surface area contributed by atoms with Gasteiger partial charge >= 0.3 is 0 Å². The molecule has 1 aromatic rings. The van der Waals surface area contributed by atoms with Crippen molar-refractivity contribution in [3.8, 4) is 6.07 Å². The van der Waals surface area contributed by atoms with Crippen LogP contribution in [0.15, 0.2) is 0 Å². The Bertz CT molecular complexity index is 438. The van der Waals surface area contributed by atoms with Crippen molar-refractivity contribution in [1.29, 1.82) is 5.26 Å². The lowest BCUT2D eigenvalue weighted by Gasteiger charge is -2.23. The highest BCUT2D eigenvalue weighted by atomic mass is 15.4. The lowest BCUT2D eigenvalue weighted by atomic mass is 10.2. The van der Waals surface area contributed by atoms with Crippen molar-refractivity contribution in [2.45, 2.75) is 38.6 Å². The number of hydrogen-bond donors (Lipinski definition) is 1. The van der Waals surface area contributed by atoms with E-state index in [0.29, 0.717) is 12.5 Å². The minimum Gasteiger partial charge on any atom is -0.394 e. The summed E-state index contributed by atoms with van der Waals surface area (Å²) in [7, 11) is 1.92. The van der Waals surface area contributed by atoms with Crippen LogP contribution in [0.1, 0.15) is 31.9 Å². The van der Waals surface area contributed by atoms with Crippen LogP contribution in [0.3, 0.4) is 0 Å². The second-order valence-electron chi connectivity index (χ2n) is 4.49. The van der Waals surface area contributed by atoms with Crippen molar-refractivity contribution in [2.24, 2.45) is 7.05 Å². The van der Waals surface area contributed by atoms with Crippen LogP contribution in [-0.2, 0) is 13.5 Å². The third-order valence-electron chi connectivity index (χ3n) is 3.19. The number of nitrogens with two attached hydrogens (primary N) is 1. The van der Waals surface area contributed by atoms with Gasteiger partial charge in [0.2, 0.25) is 0 Å². The Hall–Kier alpha value is -1.70. The number of aromatic nitrogens is 2. The highest BCUT2D eigenvalue weighted by Crippen LogP contribution is 2.35. The molecule has 0 amide bonds. The lowest BCUT2D eigenvalue weighted by Crippen LogP contribution is -2.29. The molecule has 1 aromatic heterocycles. The van der Waals surface area contributed by atoms with Crippen LogP contribution in [0.25, 0.3) is 0 Å². The fourth-order valence-corrected chi connectivity index (χ4v) is 2.21. The molecular weight excluding hydrogens is 214 g/mol. The summed E-state index contributed by atoms with van der Waals surface area (Å²) < 4.78 is 1.85. The Morgan fingerprint density at radius 1 is 1.59 bits per heavy atom. The zero-order valence-electron chi connectivity index (χ0n) is 10.5. The fourth-order valence-electron chi connectivity index (χ4n) is 2.21. The molecule has 92 valence electrons. The predicted molar refractivity (Wildman–Crippen MR) is 67.6 cm³/mol. The van der Waals surface area contributed by atoms with E-state index in [1.807, 2.05) is 11.7 Å². The van der Waals surface area contributed by atoms with E-state index >= 15 is 0 Å². The molecule has 2 N–H and O–H groups in total. The van der Waals surface area contributed by atoms with Crippen molar-refractivity contribution >= 4 is 11.5 Å². The Labute approximate surface area is 102 Å². The van der Waals surface area contributed by atoms with Gasteiger partial charge in [0.05, 0.1) is 23.9 Å². The second-order valence-corrected chi connectivity index (χ2v) is 4.49. The number of anilines is 2. The molecule has 1 fully saturated rings. The van der Waals surface area contributed by atoms with Crippen molar-refractivity contribution < 1.29 is 0 Å². The molecule has 2 rings (SSSR count). The summed E-state index contributed by atoms with van der Waals surface area (Å²) in [4.78, 5) is 2.24. The third-order valence-corrected chi connectivity index (χ3v) is 3.19. The van der Waals surface area contributed by atoms with E-state index < -0.39 is 0 Å². The first-order valence-electron chi connectivity index (χ1n) is 6.14. The average Bonchev–Trinajstić information content (AvgIpc) is 3.10. The molecule has 0 radical (unpaired) electrons. The SMILES string of the molecule is CCc1nn(C)c(N(CCC#N)C2CC2)c1N. The maximum Gasteiger partial charge on any atom is 0.150 e. The first-order chi connectivity index (χ1) is 8.19. The molecule has 0 aliphatic heterocycles. The van der Waals surface area contributed by atoms with Gasteiger partial charge in [0, 0.05) is 19.6 Å². The summed E-state index contributed by atoms with van der Waals surface area (Å²) in [6.07, 6.45) is 3.76. The largest absolute Gasteiger partial charge is 0.394 e. The van der Waals surface area contributed by atoms with Crippen LogP contribution >= 0.6 is 0 Å². The van der Waals surface area contributed by atoms with E-state index in [1.165, 1.54) is 12.8 Å². The molecule has 0 bridgehead atoms. The Morgan fingerprint density at radius 2 is 2.29 bits per heavy atom. The third kappa shape index (κ3) is 2.21. The van der Waals surface area contributed by atoms with Crippen molar-refractivity contribution in [2.75, 3.05) is 17.2 Å². The predicted octanol–water partition coefficient (Wildman–Crippen LogP) is 1.45. The minimum atomic E-state index is 0.530. The molecule has 1 aliphatic rings. The van der Waals surface area contributed by atoms with Gasteiger partial charge in [-0.1, -0.05) is 6.92 Å². The first kappa shape index (κ1) is 11.8. The Balaban J connectivity index is 2.29. The molecule has 1 aliphatic carbocycles. The minimum absolute atomic E-state index is 0.530. The first-order valence-corrected chi connectivity index (χ1v) is 6.14. The van der Waals surface area contributed by atoms with E-state index in [1.54, 1.807) is 0 Å². The van der Waals surface area contributed by atoms with Crippen LogP contribution in [-0.4, -0.2) is 22.4 Å². The molecule has 0 atom stereocenters. The van der Waals surface area contributed by atoms with Gasteiger partial charge in [-0.05, 0) is 19.3 Å². The normalized spacial score (nSPS) is 14.6. The monoisotopic (exact) mass is 233 g/mol. The molecule has 0 unspecified atom stereocenters. The molecule has 17 heavy (non-hydrogen) atoms. The van der Waals surface area contributed by atoms with E-state index in [0.717, 1.165) is 30.2 Å². The number of nitrogens with zero attached hydrogens (tertiary/aromatic N) is 4. The van der Waals surface area contributed by atoms with Gasteiger partial charge in [-0.2, -0.15) is 10.4 Å². The number of rotatable bonds is 5. The zero-order chi connectivity index (χ0) is 12.4. The molecule has 1 heterocycles. The van der Waals surface area contributed by atoms with E-state index in [4.69, 9.17) is 11.0 Å². The topological polar surface area (TPSA) is 70.9 Å². The molecular formula is C12H19N5. The van der Waals surface area contributed by atoms with Gasteiger partial charge in [-0.25, -0.2) is 0 Å². The van der Waals surface area contributed by atoms with Crippen molar-refractivity contribution in [1.82, 2.24) is 9.78 Å². The van der Waals surface area contributed by atoms with Crippen molar-refractivity contribution in [3.05, 3.63) is 5.69 Å². The molecule has 5 heteroatoms. The summed E-state index contributed by atoms with van der Waals surface area (Å²) in [5.74, 6) is 0.986. The summed E-state index contributed by atoms with van der Waals surface area (Å²) in [6, 6.07) is 2.75. The standard InChI is InChI=1S/C12H19N5/c1-3-10-11(14)12(16(2)15-10)17(8-4-7-13)9-5-6-9/h9H,3-6,8,14H2,1-2H3. The van der Waals surface area contributed by atoms with E-state index in [2.05, 4.69) is 23.0 Å². The van der Waals surface area contributed by atoms with Gasteiger partial charge in [0.15, 0.2) is 5.82 Å². The summed E-state index contributed by atoms with van der Waals surface area (Å²) in [5, 5.41) is 13.2. The van der Waals surface area contributed by atoms with Crippen LogP contribution < -0.4 is 10.6 Å². The molecule has 0 saturated heterocycles. The van der Waals surface area contributed by atoms with Gasteiger partial charge in [0.1, 0.15) is 0 Å². The van der Waals surface area contributed by atoms with Gasteiger partial charge < -0.3 is 10.6 Å². The lowest BCUT2D eigenvalue weighted by molar-refractivity contribution is 0.690. The average molecular weight is 233 g/mol. The van der Waals surface area contributed by atoms with Crippen LogP contribution in [0, 0.1) is 11.3 Å². The fraction of sp³-hybridized carbons (Fsp3) is 0.667. The van der Waals surface area contributed by atoms with E-state index in [-0.39, 0.29) is 0 Å². The van der Waals surface area contributed by atoms with Crippen molar-refractivity contribution in [3.63, 3.8) is 0 Å². The van der Waals surface area contributed by atoms with Crippen LogP contribution in [0.4, 0.5) is 11.5 Å². The number of nitrogen functional groups attached to an aromatic ring is 1. The maximum atomic E-state index is 8.72. The molecule has 1 saturated carbocycles. The quantitative estimate of drug-likeness (QED) is 0.835. The van der Waals surface area contributed by atoms with E-state index in [9.17, 15) is 0 Å². The Morgan fingerprint density at radius 3 is 2.76 bits per heavy atom. The zero-order valence-corrected chi connectivity index (χ0v) is 10.5. The summed E-state index contributed by atoms with van der Waals surface area (Å²) >= 11 is 0. The van der Waals surface area contributed by atoms with Gasteiger partial charge in [0.25, 0.3) is 0 Å². The second kappa shape index (κ2) is 4.66. The maximum absolute atomic E-state index is 8.72. The smallest absolute Gasteiger partial charge is 0.150 e. The summed E-state index contributed by atoms with van der Waals surface area (Å²) in [6.45, 7) is 2.80. The summed E-state index contributed by atoms with van der Waals surface area (Å²) in [5.41, 5.74) is 7.87. The van der Waals surface area contributed by atoms with Crippen LogP contribution in [0.2, 0.25) is 0 Å². The number of aryl methyl sites for hydroxylation is 2. The molecule has 0 spiro atoms. The number of hydrogen-bond acceptors (Lipinski definition) is 4. The Kier molecular flexibility index (Phi) is 3.23. The van der Waals surface area contributed by atoms with Crippen LogP contribution in [0.5, 0.6) is 0 Å².